The van der Waals surface area contributed by atoms with Crippen molar-refractivity contribution in [1.82, 2.24) is 10.2 Å². The van der Waals surface area contributed by atoms with E-state index in [0.29, 0.717) is 37.4 Å². The van der Waals surface area contributed by atoms with Crippen molar-refractivity contribution in [2.75, 3.05) is 26.2 Å². The predicted molar refractivity (Wildman–Crippen MR) is 79.6 cm³/mol. The molecular formula is C13H16BrF3N2OS. The number of hydrogen-bond acceptors (Lipinski definition) is 3. The second kappa shape index (κ2) is 7.11. The molecule has 1 aliphatic rings. The molecule has 0 aromatic carbocycles. The molecule has 2 rings (SSSR count). The molecule has 0 atom stereocenters. The van der Waals surface area contributed by atoms with Crippen molar-refractivity contribution < 1.29 is 18.0 Å². The van der Waals surface area contributed by atoms with Gasteiger partial charge in [-0.3, -0.25) is 9.69 Å². The van der Waals surface area contributed by atoms with Gasteiger partial charge in [-0.1, -0.05) is 0 Å². The standard InChI is InChI=1S/C13H16BrF3N2OS/c14-10-5-11(21-7-10)12(20)18-6-9-1-3-19(4-2-9)8-13(15,16)17/h5,7,9H,1-4,6,8H2,(H,18,20). The molecule has 1 aromatic heterocycles. The van der Waals surface area contributed by atoms with E-state index in [2.05, 4.69) is 21.2 Å². The average molecular weight is 385 g/mol. The Morgan fingerprint density at radius 1 is 1.43 bits per heavy atom. The first-order valence-electron chi connectivity index (χ1n) is 6.65. The quantitative estimate of drug-likeness (QED) is 0.861. The van der Waals surface area contributed by atoms with Crippen molar-refractivity contribution in [2.24, 2.45) is 5.92 Å². The molecule has 0 aliphatic carbocycles. The molecule has 8 heteroatoms. The number of nitrogens with one attached hydrogen (secondary N) is 1. The van der Waals surface area contributed by atoms with E-state index in [4.69, 9.17) is 0 Å². The molecule has 21 heavy (non-hydrogen) atoms. The number of hydrogen-bond donors (Lipinski definition) is 1. The fourth-order valence-electron chi connectivity index (χ4n) is 2.36. The van der Waals surface area contributed by atoms with Gasteiger partial charge in [-0.25, -0.2) is 0 Å². The number of rotatable bonds is 4. The van der Waals surface area contributed by atoms with Crippen molar-refractivity contribution in [3.8, 4) is 0 Å². The highest BCUT2D eigenvalue weighted by molar-refractivity contribution is 9.10. The highest BCUT2D eigenvalue weighted by atomic mass is 79.9. The SMILES string of the molecule is O=C(NCC1CCN(CC(F)(F)F)CC1)c1cc(Br)cs1. The summed E-state index contributed by atoms with van der Waals surface area (Å²) >= 11 is 4.65. The minimum Gasteiger partial charge on any atom is -0.351 e. The van der Waals surface area contributed by atoms with Crippen LogP contribution < -0.4 is 5.32 Å². The summed E-state index contributed by atoms with van der Waals surface area (Å²) in [6, 6.07) is 1.76. The van der Waals surface area contributed by atoms with E-state index in [1.807, 2.05) is 5.38 Å². The highest BCUT2D eigenvalue weighted by Crippen LogP contribution is 2.23. The lowest BCUT2D eigenvalue weighted by molar-refractivity contribution is -0.148. The van der Waals surface area contributed by atoms with Gasteiger partial charge in [0.25, 0.3) is 5.91 Å². The Labute approximate surface area is 133 Å². The summed E-state index contributed by atoms with van der Waals surface area (Å²) < 4.78 is 37.7. The van der Waals surface area contributed by atoms with Crippen LogP contribution in [0.2, 0.25) is 0 Å². The van der Waals surface area contributed by atoms with E-state index in [0.717, 1.165) is 4.47 Å². The van der Waals surface area contributed by atoms with Crippen molar-refractivity contribution in [3.05, 3.63) is 20.8 Å². The van der Waals surface area contributed by atoms with Crippen molar-refractivity contribution in [2.45, 2.75) is 19.0 Å². The smallest absolute Gasteiger partial charge is 0.351 e. The Hall–Kier alpha value is -0.600. The molecule has 118 valence electrons. The van der Waals surface area contributed by atoms with Gasteiger partial charge in [0.15, 0.2) is 0 Å². The monoisotopic (exact) mass is 384 g/mol. The van der Waals surface area contributed by atoms with Gasteiger partial charge >= 0.3 is 6.18 Å². The summed E-state index contributed by atoms with van der Waals surface area (Å²) in [4.78, 5) is 13.9. The lowest BCUT2D eigenvalue weighted by Gasteiger charge is -2.32. The van der Waals surface area contributed by atoms with E-state index in [1.165, 1.54) is 16.2 Å². The first kappa shape index (κ1) is 16.8. The van der Waals surface area contributed by atoms with Crippen LogP contribution in [0.25, 0.3) is 0 Å². The van der Waals surface area contributed by atoms with Crippen molar-refractivity contribution in [3.63, 3.8) is 0 Å². The molecule has 1 aromatic rings. The van der Waals surface area contributed by atoms with Crippen LogP contribution in [0, 0.1) is 5.92 Å². The number of amides is 1. The van der Waals surface area contributed by atoms with Gasteiger partial charge in [0.2, 0.25) is 0 Å². The second-order valence-electron chi connectivity index (χ2n) is 5.17. The van der Waals surface area contributed by atoms with E-state index in [9.17, 15) is 18.0 Å². The number of halogens is 4. The molecule has 1 aliphatic heterocycles. The van der Waals surface area contributed by atoms with Crippen LogP contribution in [0.15, 0.2) is 15.9 Å². The fourth-order valence-corrected chi connectivity index (χ4v) is 3.70. The third-order valence-corrected chi connectivity index (χ3v) is 5.14. The van der Waals surface area contributed by atoms with E-state index < -0.39 is 12.7 Å². The molecule has 0 saturated carbocycles. The van der Waals surface area contributed by atoms with Gasteiger partial charge in [0, 0.05) is 16.4 Å². The maximum absolute atomic E-state index is 12.3. The Morgan fingerprint density at radius 3 is 2.62 bits per heavy atom. The number of carbonyl (C=O) groups excluding carboxylic acids is 1. The van der Waals surface area contributed by atoms with Crippen LogP contribution >= 0.6 is 27.3 Å². The van der Waals surface area contributed by atoms with E-state index in [-0.39, 0.29) is 11.8 Å². The third kappa shape index (κ3) is 5.60. The molecule has 1 amide bonds. The van der Waals surface area contributed by atoms with Crippen molar-refractivity contribution >= 4 is 33.2 Å². The van der Waals surface area contributed by atoms with Crippen LogP contribution in [0.1, 0.15) is 22.5 Å². The molecule has 0 radical (unpaired) electrons. The van der Waals surface area contributed by atoms with Gasteiger partial charge in [0.05, 0.1) is 11.4 Å². The zero-order valence-electron chi connectivity index (χ0n) is 11.3. The predicted octanol–water partition coefficient (Wildman–Crippen LogP) is 3.51. The van der Waals surface area contributed by atoms with E-state index in [1.54, 1.807) is 6.07 Å². The van der Waals surface area contributed by atoms with Gasteiger partial charge < -0.3 is 5.32 Å². The number of thiophene rings is 1. The van der Waals surface area contributed by atoms with E-state index >= 15 is 0 Å². The van der Waals surface area contributed by atoms with Gasteiger partial charge in [-0.15, -0.1) is 11.3 Å². The lowest BCUT2D eigenvalue weighted by Crippen LogP contribution is -2.42. The first-order valence-corrected chi connectivity index (χ1v) is 8.32. The molecule has 3 nitrogen and oxygen atoms in total. The Kier molecular flexibility index (Phi) is 5.67. The number of likely N-dealkylation sites (tertiary alicyclic amines) is 1. The van der Waals surface area contributed by atoms with Crippen LogP contribution in [-0.2, 0) is 0 Å². The Balaban J connectivity index is 1.70. The number of nitrogens with zero attached hydrogens (tertiary/aromatic N) is 1. The molecular weight excluding hydrogens is 369 g/mol. The van der Waals surface area contributed by atoms with Crippen LogP contribution in [0.4, 0.5) is 13.2 Å². The van der Waals surface area contributed by atoms with Crippen molar-refractivity contribution in [1.29, 1.82) is 0 Å². The normalized spacial score (nSPS) is 17.9. The van der Waals surface area contributed by atoms with Crippen LogP contribution in [-0.4, -0.2) is 43.2 Å². The summed E-state index contributed by atoms with van der Waals surface area (Å²) in [5, 5.41) is 4.69. The maximum atomic E-state index is 12.3. The maximum Gasteiger partial charge on any atom is 0.401 e. The Bertz CT molecular complexity index is 484. The Morgan fingerprint density at radius 2 is 2.10 bits per heavy atom. The second-order valence-corrected chi connectivity index (χ2v) is 7.00. The molecule has 1 saturated heterocycles. The van der Waals surface area contributed by atoms with Crippen LogP contribution in [0.3, 0.4) is 0 Å². The van der Waals surface area contributed by atoms with Gasteiger partial charge in [0.1, 0.15) is 0 Å². The molecule has 1 fully saturated rings. The summed E-state index contributed by atoms with van der Waals surface area (Å²) in [5.74, 6) is 0.130. The zero-order chi connectivity index (χ0) is 15.5. The number of alkyl halides is 3. The lowest BCUT2D eigenvalue weighted by atomic mass is 9.97. The highest BCUT2D eigenvalue weighted by Gasteiger charge is 2.32. The zero-order valence-corrected chi connectivity index (χ0v) is 13.7. The number of carbonyl (C=O) groups is 1. The molecule has 0 bridgehead atoms. The minimum atomic E-state index is -4.13. The minimum absolute atomic E-state index is 0.122. The summed E-state index contributed by atoms with van der Waals surface area (Å²) in [6.45, 7) is 0.554. The topological polar surface area (TPSA) is 32.3 Å². The van der Waals surface area contributed by atoms with Gasteiger partial charge in [-0.05, 0) is 53.8 Å². The summed E-state index contributed by atoms with van der Waals surface area (Å²) in [6.07, 6.45) is -2.76. The average Bonchev–Trinajstić information content (AvgIpc) is 2.82. The number of piperidine rings is 1. The fraction of sp³-hybridized carbons (Fsp3) is 0.615. The molecule has 0 unspecified atom stereocenters. The first-order chi connectivity index (χ1) is 9.83. The third-order valence-electron chi connectivity index (χ3n) is 3.45. The molecule has 1 N–H and O–H groups in total. The van der Waals surface area contributed by atoms with Crippen LogP contribution in [0.5, 0.6) is 0 Å². The van der Waals surface area contributed by atoms with Gasteiger partial charge in [-0.2, -0.15) is 13.2 Å². The molecule has 0 spiro atoms. The largest absolute Gasteiger partial charge is 0.401 e. The molecule has 2 heterocycles. The summed E-state index contributed by atoms with van der Waals surface area (Å²) in [7, 11) is 0. The summed E-state index contributed by atoms with van der Waals surface area (Å²) in [5.41, 5.74) is 0.